The third-order valence-electron chi connectivity index (χ3n) is 2.45. The molecular formula is C13H15FN4O. The van der Waals surface area contributed by atoms with Crippen molar-refractivity contribution in [1.29, 1.82) is 0 Å². The summed E-state index contributed by atoms with van der Waals surface area (Å²) in [6, 6.07) is 6.39. The van der Waals surface area contributed by atoms with E-state index in [0.717, 1.165) is 6.54 Å². The van der Waals surface area contributed by atoms with Crippen LogP contribution in [0.25, 0.3) is 0 Å². The van der Waals surface area contributed by atoms with Crippen molar-refractivity contribution in [2.45, 2.75) is 6.92 Å². The first-order valence-electron chi connectivity index (χ1n) is 5.89. The highest BCUT2D eigenvalue weighted by Crippen LogP contribution is 2.23. The van der Waals surface area contributed by atoms with Gasteiger partial charge in [0.05, 0.1) is 7.11 Å². The molecule has 0 radical (unpaired) electrons. The Morgan fingerprint density at radius 1 is 1.21 bits per heavy atom. The van der Waals surface area contributed by atoms with Crippen LogP contribution in [0.1, 0.15) is 6.92 Å². The summed E-state index contributed by atoms with van der Waals surface area (Å²) in [7, 11) is 1.43. The standard InChI is InChI=1S/C13H15FN4O/c1-3-15-12-7-13(17-8-16-12)18-9-4-5-11(19-2)10(14)6-9/h4-8H,3H2,1-2H3,(H2,15,16,17,18). The predicted molar refractivity (Wildman–Crippen MR) is 72.4 cm³/mol. The molecule has 1 aromatic heterocycles. The normalized spacial score (nSPS) is 10.1. The maximum absolute atomic E-state index is 13.5. The minimum absolute atomic E-state index is 0.210. The highest BCUT2D eigenvalue weighted by molar-refractivity contribution is 5.59. The van der Waals surface area contributed by atoms with Crippen molar-refractivity contribution in [2.75, 3.05) is 24.3 Å². The van der Waals surface area contributed by atoms with Crippen molar-refractivity contribution in [3.8, 4) is 5.75 Å². The highest BCUT2D eigenvalue weighted by Gasteiger charge is 2.04. The molecule has 0 bridgehead atoms. The van der Waals surface area contributed by atoms with E-state index in [1.165, 1.54) is 19.5 Å². The molecule has 2 rings (SSSR count). The van der Waals surface area contributed by atoms with Crippen molar-refractivity contribution in [2.24, 2.45) is 0 Å². The number of nitrogens with zero attached hydrogens (tertiary/aromatic N) is 2. The molecule has 19 heavy (non-hydrogen) atoms. The zero-order valence-electron chi connectivity index (χ0n) is 10.8. The van der Waals surface area contributed by atoms with E-state index in [9.17, 15) is 4.39 Å². The molecule has 0 saturated carbocycles. The zero-order chi connectivity index (χ0) is 13.7. The molecule has 100 valence electrons. The van der Waals surface area contributed by atoms with Gasteiger partial charge in [0, 0.05) is 24.4 Å². The molecular weight excluding hydrogens is 247 g/mol. The number of anilines is 3. The van der Waals surface area contributed by atoms with E-state index < -0.39 is 5.82 Å². The first-order chi connectivity index (χ1) is 9.22. The Morgan fingerprint density at radius 3 is 2.68 bits per heavy atom. The molecule has 0 unspecified atom stereocenters. The topological polar surface area (TPSA) is 59.1 Å². The van der Waals surface area contributed by atoms with E-state index in [-0.39, 0.29) is 5.75 Å². The van der Waals surface area contributed by atoms with Crippen LogP contribution in [0.3, 0.4) is 0 Å². The Kier molecular flexibility index (Phi) is 4.12. The lowest BCUT2D eigenvalue weighted by Gasteiger charge is -2.09. The van der Waals surface area contributed by atoms with Gasteiger partial charge in [0.1, 0.15) is 18.0 Å². The van der Waals surface area contributed by atoms with Crippen LogP contribution in [0.2, 0.25) is 0 Å². The molecule has 0 aliphatic rings. The SMILES string of the molecule is CCNc1cc(Nc2ccc(OC)c(F)c2)ncn1. The fourth-order valence-corrected chi connectivity index (χ4v) is 1.60. The highest BCUT2D eigenvalue weighted by atomic mass is 19.1. The van der Waals surface area contributed by atoms with Crippen molar-refractivity contribution < 1.29 is 9.13 Å². The van der Waals surface area contributed by atoms with Gasteiger partial charge in [-0.2, -0.15) is 0 Å². The average molecular weight is 262 g/mol. The molecule has 5 nitrogen and oxygen atoms in total. The molecule has 1 aromatic carbocycles. The van der Waals surface area contributed by atoms with Crippen molar-refractivity contribution in [3.05, 3.63) is 36.4 Å². The molecule has 0 aliphatic heterocycles. The van der Waals surface area contributed by atoms with Crippen LogP contribution in [0.15, 0.2) is 30.6 Å². The number of nitrogens with one attached hydrogen (secondary N) is 2. The van der Waals surface area contributed by atoms with Crippen LogP contribution >= 0.6 is 0 Å². The van der Waals surface area contributed by atoms with E-state index in [4.69, 9.17) is 4.74 Å². The van der Waals surface area contributed by atoms with Gasteiger partial charge < -0.3 is 15.4 Å². The van der Waals surface area contributed by atoms with Gasteiger partial charge in [-0.05, 0) is 19.1 Å². The van der Waals surface area contributed by atoms with Crippen LogP contribution in [-0.2, 0) is 0 Å². The van der Waals surface area contributed by atoms with Gasteiger partial charge in [0.15, 0.2) is 11.6 Å². The molecule has 1 heterocycles. The summed E-state index contributed by atoms with van der Waals surface area (Å²) >= 11 is 0. The largest absolute Gasteiger partial charge is 0.494 e. The molecule has 0 amide bonds. The first-order valence-corrected chi connectivity index (χ1v) is 5.89. The van der Waals surface area contributed by atoms with Gasteiger partial charge in [-0.25, -0.2) is 14.4 Å². The van der Waals surface area contributed by atoms with E-state index in [2.05, 4.69) is 20.6 Å². The Labute approximate surface area is 110 Å². The molecule has 0 saturated heterocycles. The van der Waals surface area contributed by atoms with Gasteiger partial charge in [0.2, 0.25) is 0 Å². The monoisotopic (exact) mass is 262 g/mol. The maximum atomic E-state index is 13.5. The summed E-state index contributed by atoms with van der Waals surface area (Å²) in [6.07, 6.45) is 1.44. The molecule has 0 fully saturated rings. The summed E-state index contributed by atoms with van der Waals surface area (Å²) in [5.41, 5.74) is 0.597. The van der Waals surface area contributed by atoms with E-state index in [1.807, 2.05) is 6.92 Å². The molecule has 0 atom stereocenters. The Balaban J connectivity index is 2.16. The fourth-order valence-electron chi connectivity index (χ4n) is 1.60. The minimum Gasteiger partial charge on any atom is -0.494 e. The number of ether oxygens (including phenoxy) is 1. The number of halogens is 1. The second-order valence-corrected chi connectivity index (χ2v) is 3.79. The van der Waals surface area contributed by atoms with Crippen LogP contribution < -0.4 is 15.4 Å². The van der Waals surface area contributed by atoms with Gasteiger partial charge in [-0.3, -0.25) is 0 Å². The number of aromatic nitrogens is 2. The number of hydrogen-bond acceptors (Lipinski definition) is 5. The number of benzene rings is 1. The lowest BCUT2D eigenvalue weighted by atomic mass is 10.3. The summed E-state index contributed by atoms with van der Waals surface area (Å²) in [6.45, 7) is 2.75. The second kappa shape index (κ2) is 5.99. The third-order valence-corrected chi connectivity index (χ3v) is 2.45. The quantitative estimate of drug-likeness (QED) is 0.867. The molecule has 2 N–H and O–H groups in total. The van der Waals surface area contributed by atoms with Crippen LogP contribution in [0, 0.1) is 5.82 Å². The second-order valence-electron chi connectivity index (χ2n) is 3.79. The Hall–Kier alpha value is -2.37. The Bertz CT molecular complexity index is 562. The summed E-state index contributed by atoms with van der Waals surface area (Å²) < 4.78 is 18.4. The summed E-state index contributed by atoms with van der Waals surface area (Å²) in [5, 5.41) is 6.09. The smallest absolute Gasteiger partial charge is 0.167 e. The number of hydrogen-bond donors (Lipinski definition) is 2. The van der Waals surface area contributed by atoms with Gasteiger partial charge in [0.25, 0.3) is 0 Å². The number of rotatable bonds is 5. The van der Waals surface area contributed by atoms with Gasteiger partial charge >= 0.3 is 0 Å². The molecule has 0 aliphatic carbocycles. The number of methoxy groups -OCH3 is 1. The fraction of sp³-hybridized carbons (Fsp3) is 0.231. The van der Waals surface area contributed by atoms with Crippen LogP contribution in [0.5, 0.6) is 5.75 Å². The molecule has 0 spiro atoms. The van der Waals surface area contributed by atoms with E-state index >= 15 is 0 Å². The maximum Gasteiger partial charge on any atom is 0.167 e. The summed E-state index contributed by atoms with van der Waals surface area (Å²) in [4.78, 5) is 8.13. The Morgan fingerprint density at radius 2 is 2.00 bits per heavy atom. The first kappa shape index (κ1) is 13.1. The van der Waals surface area contributed by atoms with Gasteiger partial charge in [-0.15, -0.1) is 0 Å². The molecule has 2 aromatic rings. The van der Waals surface area contributed by atoms with Crippen molar-refractivity contribution in [3.63, 3.8) is 0 Å². The van der Waals surface area contributed by atoms with Crippen molar-refractivity contribution >= 4 is 17.3 Å². The van der Waals surface area contributed by atoms with Crippen LogP contribution in [0.4, 0.5) is 21.7 Å². The van der Waals surface area contributed by atoms with E-state index in [0.29, 0.717) is 17.3 Å². The average Bonchev–Trinajstić information content (AvgIpc) is 2.40. The van der Waals surface area contributed by atoms with Gasteiger partial charge in [-0.1, -0.05) is 0 Å². The molecule has 6 heteroatoms. The minimum atomic E-state index is -0.423. The predicted octanol–water partition coefficient (Wildman–Crippen LogP) is 2.80. The lowest BCUT2D eigenvalue weighted by Crippen LogP contribution is -2.01. The van der Waals surface area contributed by atoms with E-state index in [1.54, 1.807) is 18.2 Å². The lowest BCUT2D eigenvalue weighted by molar-refractivity contribution is 0.386. The van der Waals surface area contributed by atoms with Crippen molar-refractivity contribution in [1.82, 2.24) is 9.97 Å². The van der Waals surface area contributed by atoms with Crippen LogP contribution in [-0.4, -0.2) is 23.6 Å². The third kappa shape index (κ3) is 3.31. The summed E-state index contributed by atoms with van der Waals surface area (Å²) in [5.74, 6) is 1.10. The zero-order valence-corrected chi connectivity index (χ0v) is 10.8.